The maximum atomic E-state index is 14.0. The second kappa shape index (κ2) is 5.89. The van der Waals surface area contributed by atoms with Gasteiger partial charge < -0.3 is 14.8 Å². The Bertz CT molecular complexity index is 821. The molecule has 0 radical (unpaired) electrons. The van der Waals surface area contributed by atoms with E-state index >= 15 is 0 Å². The van der Waals surface area contributed by atoms with E-state index in [2.05, 4.69) is 10.3 Å². The zero-order chi connectivity index (χ0) is 15.5. The maximum absolute atomic E-state index is 14.0. The quantitative estimate of drug-likeness (QED) is 0.783. The molecule has 112 valence electrons. The third-order valence-electron chi connectivity index (χ3n) is 3.35. The number of hydrogen-bond donors (Lipinski definition) is 1. The molecule has 0 spiro atoms. The highest BCUT2D eigenvalue weighted by Gasteiger charge is 2.09. The Labute approximate surface area is 127 Å². The number of hydrogen-bond acceptors (Lipinski definition) is 4. The lowest BCUT2D eigenvalue weighted by molar-refractivity contribution is 0.415. The topological polar surface area (TPSA) is 43.4 Å². The highest BCUT2D eigenvalue weighted by atomic mass is 19.1. The Kier molecular flexibility index (Phi) is 3.78. The smallest absolute Gasteiger partial charge is 0.167 e. The molecule has 3 aromatic rings. The summed E-state index contributed by atoms with van der Waals surface area (Å²) in [7, 11) is 3.33. The first-order chi connectivity index (χ1) is 10.7. The summed E-state index contributed by atoms with van der Waals surface area (Å²) in [6.45, 7) is 0. The number of nitrogens with one attached hydrogen (secondary N) is 1. The van der Waals surface area contributed by atoms with Crippen LogP contribution < -0.4 is 14.8 Å². The van der Waals surface area contributed by atoms with E-state index in [4.69, 9.17) is 9.47 Å². The van der Waals surface area contributed by atoms with Gasteiger partial charge in [-0.3, -0.25) is 4.98 Å². The minimum absolute atomic E-state index is 0.169. The van der Waals surface area contributed by atoms with Crippen molar-refractivity contribution in [1.29, 1.82) is 0 Å². The maximum Gasteiger partial charge on any atom is 0.167 e. The van der Waals surface area contributed by atoms with Crippen LogP contribution in [0.1, 0.15) is 0 Å². The van der Waals surface area contributed by atoms with Gasteiger partial charge in [-0.15, -0.1) is 0 Å². The normalized spacial score (nSPS) is 10.5. The molecule has 0 aliphatic rings. The summed E-state index contributed by atoms with van der Waals surface area (Å²) in [5, 5.41) is 3.67. The van der Waals surface area contributed by atoms with Crippen molar-refractivity contribution >= 4 is 16.6 Å². The second-order valence-electron chi connectivity index (χ2n) is 4.69. The lowest BCUT2D eigenvalue weighted by Crippen LogP contribution is -1.93. The number of rotatable bonds is 4. The molecule has 0 saturated carbocycles. The summed E-state index contributed by atoms with van der Waals surface area (Å²) in [6.07, 6.45) is 1.62. The summed E-state index contributed by atoms with van der Waals surface area (Å²) < 4.78 is 24.9. The van der Waals surface area contributed by atoms with Gasteiger partial charge in [0.05, 0.1) is 12.6 Å². The third-order valence-corrected chi connectivity index (χ3v) is 3.35. The van der Waals surface area contributed by atoms with E-state index in [0.29, 0.717) is 17.2 Å². The molecule has 0 fully saturated rings. The van der Waals surface area contributed by atoms with Crippen molar-refractivity contribution in [3.8, 4) is 17.2 Å². The van der Waals surface area contributed by atoms with E-state index in [9.17, 15) is 4.39 Å². The van der Waals surface area contributed by atoms with Crippen molar-refractivity contribution in [1.82, 2.24) is 4.98 Å². The zero-order valence-corrected chi connectivity index (χ0v) is 12.3. The van der Waals surface area contributed by atoms with Crippen LogP contribution in [0.3, 0.4) is 0 Å². The fraction of sp³-hybridized carbons (Fsp3) is 0.118. The monoisotopic (exact) mass is 298 g/mol. The van der Waals surface area contributed by atoms with Gasteiger partial charge in [0.1, 0.15) is 11.5 Å². The number of fused-ring (bicyclic) bond motifs is 1. The van der Waals surface area contributed by atoms with Crippen molar-refractivity contribution in [2.45, 2.75) is 0 Å². The third kappa shape index (κ3) is 2.65. The lowest BCUT2D eigenvalue weighted by atomic mass is 10.2. The van der Waals surface area contributed by atoms with Crippen LogP contribution in [0.25, 0.3) is 10.9 Å². The highest BCUT2D eigenvalue weighted by molar-refractivity contribution is 5.86. The molecule has 0 atom stereocenters. The number of halogens is 1. The van der Waals surface area contributed by atoms with Gasteiger partial charge in [0, 0.05) is 36.5 Å². The molecule has 0 amide bonds. The molecule has 0 aliphatic carbocycles. The van der Waals surface area contributed by atoms with Crippen LogP contribution in [0.2, 0.25) is 0 Å². The summed E-state index contributed by atoms with van der Waals surface area (Å²) in [4.78, 5) is 4.28. The molecule has 3 rings (SSSR count). The van der Waals surface area contributed by atoms with Gasteiger partial charge in [-0.05, 0) is 30.3 Å². The van der Waals surface area contributed by atoms with Gasteiger partial charge in [0.15, 0.2) is 11.6 Å². The first-order valence-corrected chi connectivity index (χ1v) is 6.79. The van der Waals surface area contributed by atoms with E-state index < -0.39 is 5.82 Å². The molecule has 0 aliphatic heterocycles. The van der Waals surface area contributed by atoms with E-state index in [1.54, 1.807) is 38.6 Å². The summed E-state index contributed by atoms with van der Waals surface area (Å²) in [6, 6.07) is 11.9. The van der Waals surface area contributed by atoms with E-state index in [1.165, 1.54) is 6.07 Å². The molecule has 0 unspecified atom stereocenters. The number of aromatic nitrogens is 1. The molecule has 1 heterocycles. The number of anilines is 1. The fourth-order valence-corrected chi connectivity index (χ4v) is 2.18. The number of benzene rings is 2. The Hall–Kier alpha value is -2.82. The minimum atomic E-state index is -0.426. The fourth-order valence-electron chi connectivity index (χ4n) is 2.18. The Balaban J connectivity index is 2.00. The number of pyridine rings is 1. The molecular weight excluding hydrogens is 283 g/mol. The van der Waals surface area contributed by atoms with Crippen LogP contribution >= 0.6 is 0 Å². The summed E-state index contributed by atoms with van der Waals surface area (Å²) >= 11 is 0. The van der Waals surface area contributed by atoms with Crippen molar-refractivity contribution in [3.05, 3.63) is 54.5 Å². The van der Waals surface area contributed by atoms with E-state index in [-0.39, 0.29) is 5.75 Å². The van der Waals surface area contributed by atoms with Gasteiger partial charge in [-0.1, -0.05) is 0 Å². The molecule has 5 heteroatoms. The van der Waals surface area contributed by atoms with Crippen LogP contribution in [0, 0.1) is 5.82 Å². The first-order valence-electron chi connectivity index (χ1n) is 6.79. The van der Waals surface area contributed by atoms with Crippen LogP contribution in [0.5, 0.6) is 17.2 Å². The molecule has 2 aromatic carbocycles. The molecule has 0 bridgehead atoms. The summed E-state index contributed by atoms with van der Waals surface area (Å²) in [5.41, 5.74) is 1.42. The largest absolute Gasteiger partial charge is 0.497 e. The standard InChI is InChI=1S/C17H15FN2O2/c1-19-11-3-6-17(14(18)9-11)22-16-7-8-20-15-10-12(21-2)4-5-13(15)16/h3-10,19H,1-2H3. The SMILES string of the molecule is CNc1ccc(Oc2ccnc3cc(OC)ccc23)c(F)c1. The molecule has 1 N–H and O–H groups in total. The number of nitrogens with zero attached hydrogens (tertiary/aromatic N) is 1. The zero-order valence-electron chi connectivity index (χ0n) is 12.3. The van der Waals surface area contributed by atoms with Crippen LogP contribution in [0.4, 0.5) is 10.1 Å². The predicted molar refractivity (Wildman–Crippen MR) is 84.3 cm³/mol. The van der Waals surface area contributed by atoms with Gasteiger partial charge >= 0.3 is 0 Å². The van der Waals surface area contributed by atoms with E-state index in [1.807, 2.05) is 18.2 Å². The Morgan fingerprint density at radius 2 is 1.91 bits per heavy atom. The molecule has 22 heavy (non-hydrogen) atoms. The number of methoxy groups -OCH3 is 1. The van der Waals surface area contributed by atoms with Crippen molar-refractivity contribution in [3.63, 3.8) is 0 Å². The van der Waals surface area contributed by atoms with Gasteiger partial charge in [0.2, 0.25) is 0 Å². The van der Waals surface area contributed by atoms with Crippen molar-refractivity contribution in [2.75, 3.05) is 19.5 Å². The average Bonchev–Trinajstić information content (AvgIpc) is 2.56. The van der Waals surface area contributed by atoms with Gasteiger partial charge in [-0.25, -0.2) is 4.39 Å². The van der Waals surface area contributed by atoms with Gasteiger partial charge in [-0.2, -0.15) is 0 Å². The average molecular weight is 298 g/mol. The van der Waals surface area contributed by atoms with Crippen LogP contribution in [-0.2, 0) is 0 Å². The second-order valence-corrected chi connectivity index (χ2v) is 4.69. The Morgan fingerprint density at radius 1 is 1.05 bits per heavy atom. The molecule has 1 aromatic heterocycles. The molecule has 4 nitrogen and oxygen atoms in total. The van der Waals surface area contributed by atoms with Crippen LogP contribution in [0.15, 0.2) is 48.7 Å². The predicted octanol–water partition coefficient (Wildman–Crippen LogP) is 4.22. The number of ether oxygens (including phenoxy) is 2. The minimum Gasteiger partial charge on any atom is -0.497 e. The lowest BCUT2D eigenvalue weighted by Gasteiger charge is -2.11. The Morgan fingerprint density at radius 3 is 2.64 bits per heavy atom. The van der Waals surface area contributed by atoms with Gasteiger partial charge in [0.25, 0.3) is 0 Å². The molecule has 0 saturated heterocycles. The highest BCUT2D eigenvalue weighted by Crippen LogP contribution is 2.32. The first kappa shape index (κ1) is 14.1. The van der Waals surface area contributed by atoms with Crippen molar-refractivity contribution in [2.24, 2.45) is 0 Å². The van der Waals surface area contributed by atoms with E-state index in [0.717, 1.165) is 10.9 Å². The van der Waals surface area contributed by atoms with Crippen molar-refractivity contribution < 1.29 is 13.9 Å². The summed E-state index contributed by atoms with van der Waals surface area (Å²) in [5.74, 6) is 0.998. The molecular formula is C17H15FN2O2. The van der Waals surface area contributed by atoms with Crippen LogP contribution in [-0.4, -0.2) is 19.1 Å².